The van der Waals surface area contributed by atoms with E-state index in [-0.39, 0.29) is 0 Å². The lowest BCUT2D eigenvalue weighted by molar-refractivity contribution is -0.147. The zero-order chi connectivity index (χ0) is 10.6. The molecule has 0 aliphatic carbocycles. The molecule has 0 aromatic carbocycles. The van der Waals surface area contributed by atoms with Crippen LogP contribution < -0.4 is 0 Å². The molecule has 0 spiro atoms. The van der Waals surface area contributed by atoms with E-state index in [1.54, 1.807) is 12.1 Å². The van der Waals surface area contributed by atoms with Crippen LogP contribution >= 0.6 is 0 Å². The minimum Gasteiger partial charge on any atom is -0.458 e. The number of hydrogen-bond donors (Lipinski definition) is 0. The molecule has 0 aliphatic heterocycles. The molecule has 1 aromatic rings. The lowest BCUT2D eigenvalue weighted by Crippen LogP contribution is -2.09. The van der Waals surface area contributed by atoms with Crippen molar-refractivity contribution < 1.29 is 13.9 Å². The largest absolute Gasteiger partial charge is 0.458 e. The van der Waals surface area contributed by atoms with Crippen LogP contribution in [0.15, 0.2) is 18.3 Å². The average Bonchev–Trinajstić information content (AvgIpc) is 2.15. The van der Waals surface area contributed by atoms with Gasteiger partial charge in [0.1, 0.15) is 6.10 Å². The molecule has 1 heterocycles. The summed E-state index contributed by atoms with van der Waals surface area (Å²) >= 11 is 0. The summed E-state index contributed by atoms with van der Waals surface area (Å²) in [5.41, 5.74) is 0.324. The molecule has 3 nitrogen and oxygen atoms in total. The second kappa shape index (κ2) is 4.69. The first-order valence-corrected chi connectivity index (χ1v) is 4.42. The van der Waals surface area contributed by atoms with E-state index in [1.165, 1.54) is 13.1 Å². The molecule has 0 saturated carbocycles. The van der Waals surface area contributed by atoms with E-state index in [2.05, 4.69) is 4.98 Å². The van der Waals surface area contributed by atoms with Crippen molar-refractivity contribution in [2.45, 2.75) is 26.4 Å². The molecule has 0 aliphatic rings. The molecule has 76 valence electrons. The van der Waals surface area contributed by atoms with Gasteiger partial charge >= 0.3 is 5.97 Å². The van der Waals surface area contributed by atoms with E-state index in [0.717, 1.165) is 0 Å². The Bertz CT molecular complexity index is 328. The second-order valence-electron chi connectivity index (χ2n) is 2.89. The summed E-state index contributed by atoms with van der Waals surface area (Å²) in [4.78, 5) is 14.2. The summed E-state index contributed by atoms with van der Waals surface area (Å²) in [6.07, 6.45) is 1.35. The molecular weight excluding hydrogens is 185 g/mol. The Morgan fingerprint density at radius 2 is 2.43 bits per heavy atom. The smallest absolute Gasteiger partial charge is 0.303 e. The number of hydrogen-bond acceptors (Lipinski definition) is 3. The predicted molar refractivity (Wildman–Crippen MR) is 49.0 cm³/mol. The Morgan fingerprint density at radius 3 is 2.93 bits per heavy atom. The standard InChI is InChI=1S/C10H12FNO2/c1-3-9(14-7(2)13)8-5-4-6-12-10(8)11/h4-6,9H,3H2,1-2H3. The molecule has 4 heteroatoms. The zero-order valence-corrected chi connectivity index (χ0v) is 8.16. The molecular formula is C10H12FNO2. The molecule has 0 bridgehead atoms. The molecule has 0 radical (unpaired) electrons. The van der Waals surface area contributed by atoms with Crippen molar-refractivity contribution in [3.05, 3.63) is 29.8 Å². The summed E-state index contributed by atoms with van der Waals surface area (Å²) in [7, 11) is 0. The number of halogens is 1. The van der Waals surface area contributed by atoms with Gasteiger partial charge in [-0.05, 0) is 18.6 Å². The minimum absolute atomic E-state index is 0.324. The first kappa shape index (κ1) is 10.6. The third-order valence-corrected chi connectivity index (χ3v) is 1.81. The van der Waals surface area contributed by atoms with Crippen LogP contribution in [0.25, 0.3) is 0 Å². The van der Waals surface area contributed by atoms with Gasteiger partial charge in [-0.1, -0.05) is 6.92 Å². The van der Waals surface area contributed by atoms with E-state index in [9.17, 15) is 9.18 Å². The Balaban J connectivity index is 2.89. The first-order valence-electron chi connectivity index (χ1n) is 4.42. The molecule has 0 fully saturated rings. The van der Waals surface area contributed by atoms with Gasteiger partial charge in [-0.15, -0.1) is 0 Å². The Morgan fingerprint density at radius 1 is 1.71 bits per heavy atom. The number of carbonyl (C=O) groups excluding carboxylic acids is 1. The van der Waals surface area contributed by atoms with Crippen molar-refractivity contribution in [1.29, 1.82) is 0 Å². The van der Waals surface area contributed by atoms with Crippen LogP contribution in [0, 0.1) is 5.95 Å². The maximum atomic E-state index is 13.2. The van der Waals surface area contributed by atoms with Gasteiger partial charge in [0.15, 0.2) is 0 Å². The van der Waals surface area contributed by atoms with Crippen LogP contribution in [0.3, 0.4) is 0 Å². The van der Waals surface area contributed by atoms with E-state index in [1.807, 2.05) is 6.92 Å². The topological polar surface area (TPSA) is 39.2 Å². The van der Waals surface area contributed by atoms with Crippen molar-refractivity contribution in [3.8, 4) is 0 Å². The second-order valence-corrected chi connectivity index (χ2v) is 2.89. The molecule has 1 aromatic heterocycles. The monoisotopic (exact) mass is 197 g/mol. The van der Waals surface area contributed by atoms with Gasteiger partial charge in [-0.3, -0.25) is 4.79 Å². The summed E-state index contributed by atoms with van der Waals surface area (Å²) in [5, 5.41) is 0. The Labute approximate surface area is 81.9 Å². The van der Waals surface area contributed by atoms with Crippen LogP contribution in [-0.2, 0) is 9.53 Å². The van der Waals surface area contributed by atoms with Gasteiger partial charge in [-0.2, -0.15) is 4.39 Å². The number of carbonyl (C=O) groups is 1. The van der Waals surface area contributed by atoms with E-state index in [4.69, 9.17) is 4.74 Å². The van der Waals surface area contributed by atoms with Gasteiger partial charge in [-0.25, -0.2) is 4.98 Å². The molecule has 1 atom stereocenters. The molecule has 0 saturated heterocycles. The SMILES string of the molecule is CCC(OC(C)=O)c1cccnc1F. The van der Waals surface area contributed by atoms with E-state index in [0.29, 0.717) is 12.0 Å². The summed E-state index contributed by atoms with van der Waals surface area (Å²) in [5.74, 6) is -0.999. The van der Waals surface area contributed by atoms with Crippen LogP contribution in [0.2, 0.25) is 0 Å². The van der Waals surface area contributed by atoms with Gasteiger partial charge in [0, 0.05) is 18.7 Å². The summed E-state index contributed by atoms with van der Waals surface area (Å²) in [6, 6.07) is 3.18. The van der Waals surface area contributed by atoms with Crippen molar-refractivity contribution in [1.82, 2.24) is 4.98 Å². The molecule has 1 rings (SSSR count). The first-order chi connectivity index (χ1) is 6.65. The number of nitrogens with zero attached hydrogens (tertiary/aromatic N) is 1. The molecule has 0 amide bonds. The fourth-order valence-corrected chi connectivity index (χ4v) is 1.21. The van der Waals surface area contributed by atoms with Crippen LogP contribution in [-0.4, -0.2) is 11.0 Å². The summed E-state index contributed by atoms with van der Waals surface area (Å²) < 4.78 is 18.1. The third-order valence-electron chi connectivity index (χ3n) is 1.81. The normalized spacial score (nSPS) is 12.2. The van der Waals surface area contributed by atoms with Crippen molar-refractivity contribution in [3.63, 3.8) is 0 Å². The fraction of sp³-hybridized carbons (Fsp3) is 0.400. The average molecular weight is 197 g/mol. The Kier molecular flexibility index (Phi) is 3.56. The lowest BCUT2D eigenvalue weighted by atomic mass is 10.1. The third kappa shape index (κ3) is 2.52. The van der Waals surface area contributed by atoms with Gasteiger partial charge < -0.3 is 4.74 Å². The highest BCUT2D eigenvalue weighted by Crippen LogP contribution is 2.22. The number of aromatic nitrogens is 1. The van der Waals surface area contributed by atoms with Crippen molar-refractivity contribution in [2.24, 2.45) is 0 Å². The maximum absolute atomic E-state index is 13.2. The lowest BCUT2D eigenvalue weighted by Gasteiger charge is -2.15. The van der Waals surface area contributed by atoms with Crippen LogP contribution in [0.5, 0.6) is 0 Å². The highest BCUT2D eigenvalue weighted by molar-refractivity contribution is 5.66. The van der Waals surface area contributed by atoms with E-state index >= 15 is 0 Å². The predicted octanol–water partition coefficient (Wildman–Crippen LogP) is 2.23. The van der Waals surface area contributed by atoms with Crippen LogP contribution in [0.4, 0.5) is 4.39 Å². The summed E-state index contributed by atoms with van der Waals surface area (Å²) in [6.45, 7) is 3.12. The zero-order valence-electron chi connectivity index (χ0n) is 8.16. The number of esters is 1. The highest BCUT2D eigenvalue weighted by Gasteiger charge is 2.16. The number of ether oxygens (including phenoxy) is 1. The van der Waals surface area contributed by atoms with Gasteiger partial charge in [0.2, 0.25) is 5.95 Å². The van der Waals surface area contributed by atoms with Crippen LogP contribution in [0.1, 0.15) is 31.9 Å². The molecule has 1 unspecified atom stereocenters. The minimum atomic E-state index is -0.583. The number of rotatable bonds is 3. The number of pyridine rings is 1. The maximum Gasteiger partial charge on any atom is 0.303 e. The quantitative estimate of drug-likeness (QED) is 0.551. The van der Waals surface area contributed by atoms with Gasteiger partial charge in [0.25, 0.3) is 0 Å². The Hall–Kier alpha value is -1.45. The fourth-order valence-electron chi connectivity index (χ4n) is 1.21. The van der Waals surface area contributed by atoms with Gasteiger partial charge in [0.05, 0.1) is 0 Å². The van der Waals surface area contributed by atoms with Crippen molar-refractivity contribution >= 4 is 5.97 Å². The van der Waals surface area contributed by atoms with E-state index < -0.39 is 18.0 Å². The molecule has 0 N–H and O–H groups in total. The van der Waals surface area contributed by atoms with Crippen molar-refractivity contribution in [2.75, 3.05) is 0 Å². The highest BCUT2D eigenvalue weighted by atomic mass is 19.1. The molecule has 14 heavy (non-hydrogen) atoms.